The van der Waals surface area contributed by atoms with Crippen LogP contribution in [0.4, 0.5) is 11.1 Å². The third-order valence-corrected chi connectivity index (χ3v) is 5.96. The number of nitrogens with zero attached hydrogens (tertiary/aromatic N) is 4. The maximum absolute atomic E-state index is 12.3. The molecule has 0 atom stereocenters. The summed E-state index contributed by atoms with van der Waals surface area (Å²) in [6.07, 6.45) is 6.49. The summed E-state index contributed by atoms with van der Waals surface area (Å²) < 4.78 is 0.931. The van der Waals surface area contributed by atoms with Gasteiger partial charge in [0.1, 0.15) is 0 Å². The summed E-state index contributed by atoms with van der Waals surface area (Å²) in [7, 11) is 0. The molecule has 0 saturated carbocycles. The van der Waals surface area contributed by atoms with Crippen LogP contribution in [0.5, 0.6) is 0 Å². The number of thiazole rings is 1. The van der Waals surface area contributed by atoms with Crippen molar-refractivity contribution < 1.29 is 0 Å². The van der Waals surface area contributed by atoms with Crippen LogP contribution in [0.25, 0.3) is 0 Å². The number of aliphatic imine (C=N–C) groups is 1. The van der Waals surface area contributed by atoms with Crippen LogP contribution in [0, 0.1) is 6.92 Å². The highest BCUT2D eigenvalue weighted by atomic mass is 79.9. The molecule has 3 aromatic heterocycles. The molecule has 6 N–H and O–H groups in total. The van der Waals surface area contributed by atoms with Crippen molar-refractivity contribution in [3.63, 3.8) is 0 Å². The highest BCUT2D eigenvalue weighted by Crippen LogP contribution is 2.31. The highest BCUT2D eigenvalue weighted by Gasteiger charge is 2.09. The topological polar surface area (TPSA) is 148 Å². The van der Waals surface area contributed by atoms with Gasteiger partial charge in [0.2, 0.25) is 11.1 Å². The molecular formula is C19H23BrN8OS. The number of nitrogens with two attached hydrogens (primary N) is 2. The van der Waals surface area contributed by atoms with Gasteiger partial charge in [0.25, 0.3) is 5.56 Å². The Kier molecular flexibility index (Phi) is 7.52. The van der Waals surface area contributed by atoms with Crippen molar-refractivity contribution in [2.45, 2.75) is 32.6 Å². The Morgan fingerprint density at radius 3 is 2.80 bits per heavy atom. The summed E-state index contributed by atoms with van der Waals surface area (Å²) in [5.41, 5.74) is 14.1. The van der Waals surface area contributed by atoms with E-state index in [-0.39, 0.29) is 11.5 Å². The van der Waals surface area contributed by atoms with Crippen molar-refractivity contribution in [3.8, 4) is 0 Å². The standard InChI is InChI=1S/C19H23BrN8OS/c1-11-5-6-12(9-24-11)8-13-10-25-18(27-16(13)29)23-7-3-2-4-14-15(20)30-19(26-14)28-17(21)22/h5-6,9-10H,2-4,7-8H2,1H3,(H4,21,22,26,28)(H2,23,25,27,29). The fourth-order valence-corrected chi connectivity index (χ4v) is 4.17. The molecule has 158 valence electrons. The smallest absolute Gasteiger partial charge is 0.255 e. The van der Waals surface area contributed by atoms with Crippen molar-refractivity contribution in [1.29, 1.82) is 0 Å². The first-order valence-corrected chi connectivity index (χ1v) is 11.0. The van der Waals surface area contributed by atoms with Crippen LogP contribution in [0.15, 0.2) is 38.1 Å². The van der Waals surface area contributed by atoms with Crippen LogP contribution >= 0.6 is 27.3 Å². The first kappa shape index (κ1) is 21.9. The van der Waals surface area contributed by atoms with E-state index in [9.17, 15) is 4.79 Å². The lowest BCUT2D eigenvalue weighted by atomic mass is 10.1. The number of hydrogen-bond acceptors (Lipinski definition) is 7. The molecule has 11 heteroatoms. The fraction of sp³-hybridized carbons (Fsp3) is 0.316. The molecule has 0 aliphatic heterocycles. The Hall–Kier alpha value is -2.79. The van der Waals surface area contributed by atoms with Gasteiger partial charge in [-0.1, -0.05) is 17.4 Å². The second-order valence-corrected chi connectivity index (χ2v) is 9.00. The summed E-state index contributed by atoms with van der Waals surface area (Å²) in [5, 5.41) is 3.69. The molecule has 0 aliphatic carbocycles. The van der Waals surface area contributed by atoms with Gasteiger partial charge in [-0.15, -0.1) is 0 Å². The Labute approximate surface area is 186 Å². The molecule has 0 fully saturated rings. The van der Waals surface area contributed by atoms with E-state index >= 15 is 0 Å². The van der Waals surface area contributed by atoms with E-state index in [2.05, 4.69) is 46.2 Å². The molecule has 3 rings (SSSR count). The number of hydrogen-bond donors (Lipinski definition) is 4. The van der Waals surface area contributed by atoms with Crippen molar-refractivity contribution in [1.82, 2.24) is 19.9 Å². The maximum atomic E-state index is 12.3. The minimum atomic E-state index is -0.147. The first-order chi connectivity index (χ1) is 14.4. The summed E-state index contributed by atoms with van der Waals surface area (Å²) in [4.78, 5) is 32.0. The Bertz CT molecular complexity index is 1070. The number of rotatable bonds is 9. The molecule has 3 aromatic rings. The number of aromatic amines is 1. The van der Waals surface area contributed by atoms with Crippen molar-refractivity contribution in [2.75, 3.05) is 11.9 Å². The van der Waals surface area contributed by atoms with Crippen LogP contribution < -0.4 is 22.3 Å². The molecule has 0 aromatic carbocycles. The highest BCUT2D eigenvalue weighted by molar-refractivity contribution is 9.11. The number of unbranched alkanes of at least 4 members (excludes halogenated alkanes) is 1. The summed E-state index contributed by atoms with van der Waals surface area (Å²) >= 11 is 4.89. The second-order valence-electron chi connectivity index (χ2n) is 6.71. The Balaban J connectivity index is 1.46. The van der Waals surface area contributed by atoms with Gasteiger partial charge in [-0.05, 0) is 53.7 Å². The third kappa shape index (κ3) is 6.36. The van der Waals surface area contributed by atoms with E-state index in [1.165, 1.54) is 11.3 Å². The van der Waals surface area contributed by atoms with E-state index in [0.717, 1.165) is 40.0 Å². The number of H-pyrrole nitrogens is 1. The minimum Gasteiger partial charge on any atom is -0.370 e. The molecule has 0 unspecified atom stereocenters. The molecule has 0 saturated heterocycles. The molecule has 0 spiro atoms. The van der Waals surface area contributed by atoms with Gasteiger partial charge in [-0.25, -0.2) is 9.97 Å². The number of halogens is 1. The van der Waals surface area contributed by atoms with Gasteiger partial charge in [-0.3, -0.25) is 14.8 Å². The van der Waals surface area contributed by atoms with Crippen LogP contribution in [0.1, 0.15) is 35.4 Å². The number of anilines is 1. The van der Waals surface area contributed by atoms with Gasteiger partial charge in [-0.2, -0.15) is 4.99 Å². The summed E-state index contributed by atoms with van der Waals surface area (Å²) in [6, 6.07) is 3.90. The average Bonchev–Trinajstić information content (AvgIpc) is 3.03. The zero-order valence-electron chi connectivity index (χ0n) is 16.5. The van der Waals surface area contributed by atoms with Crippen LogP contribution in [-0.4, -0.2) is 32.4 Å². The van der Waals surface area contributed by atoms with Gasteiger partial charge in [0.15, 0.2) is 5.96 Å². The molecule has 3 heterocycles. The minimum absolute atomic E-state index is 0.00459. The molecule has 0 bridgehead atoms. The quantitative estimate of drug-likeness (QED) is 0.204. The average molecular weight is 491 g/mol. The number of aryl methyl sites for hydroxylation is 2. The lowest BCUT2D eigenvalue weighted by molar-refractivity contribution is 0.746. The number of nitrogens with one attached hydrogen (secondary N) is 2. The van der Waals surface area contributed by atoms with Crippen LogP contribution in [0.2, 0.25) is 0 Å². The van der Waals surface area contributed by atoms with Crippen molar-refractivity contribution >= 4 is 44.3 Å². The van der Waals surface area contributed by atoms with Gasteiger partial charge in [0, 0.05) is 36.6 Å². The second kappa shape index (κ2) is 10.3. The summed E-state index contributed by atoms with van der Waals surface area (Å²) in [6.45, 7) is 2.62. The molecule has 0 radical (unpaired) electrons. The summed E-state index contributed by atoms with van der Waals surface area (Å²) in [5.74, 6) is 0.464. The van der Waals surface area contributed by atoms with Gasteiger partial charge in [0.05, 0.1) is 9.48 Å². The third-order valence-electron chi connectivity index (χ3n) is 4.24. The van der Waals surface area contributed by atoms with E-state index in [1.807, 2.05) is 19.1 Å². The van der Waals surface area contributed by atoms with Crippen molar-refractivity contribution in [3.05, 3.63) is 61.2 Å². The van der Waals surface area contributed by atoms with E-state index in [0.29, 0.717) is 29.6 Å². The van der Waals surface area contributed by atoms with E-state index < -0.39 is 0 Å². The SMILES string of the molecule is Cc1ccc(Cc2cnc(NCCCCc3nc(N=C(N)N)sc3Br)[nH]c2=O)cn1. The number of guanidine groups is 1. The van der Waals surface area contributed by atoms with Crippen LogP contribution in [0.3, 0.4) is 0 Å². The molecule has 9 nitrogen and oxygen atoms in total. The lowest BCUT2D eigenvalue weighted by Crippen LogP contribution is -2.21. The predicted molar refractivity (Wildman–Crippen MR) is 123 cm³/mol. The maximum Gasteiger partial charge on any atom is 0.255 e. The van der Waals surface area contributed by atoms with Crippen molar-refractivity contribution in [2.24, 2.45) is 16.5 Å². The molecule has 0 aliphatic rings. The van der Waals surface area contributed by atoms with Gasteiger partial charge >= 0.3 is 0 Å². The van der Waals surface area contributed by atoms with Gasteiger partial charge < -0.3 is 16.8 Å². The molecule has 0 amide bonds. The first-order valence-electron chi connectivity index (χ1n) is 9.39. The molecule has 30 heavy (non-hydrogen) atoms. The number of pyridine rings is 1. The zero-order valence-corrected chi connectivity index (χ0v) is 18.9. The van der Waals surface area contributed by atoms with E-state index in [4.69, 9.17) is 11.5 Å². The largest absolute Gasteiger partial charge is 0.370 e. The monoisotopic (exact) mass is 490 g/mol. The lowest BCUT2D eigenvalue weighted by Gasteiger charge is -2.06. The molecular weight excluding hydrogens is 468 g/mol. The Morgan fingerprint density at radius 2 is 2.10 bits per heavy atom. The number of aromatic nitrogens is 4. The van der Waals surface area contributed by atoms with E-state index in [1.54, 1.807) is 12.4 Å². The zero-order chi connectivity index (χ0) is 21.5. The van der Waals surface area contributed by atoms with Crippen LogP contribution in [-0.2, 0) is 12.8 Å². The predicted octanol–water partition coefficient (Wildman–Crippen LogP) is 2.62. The fourth-order valence-electron chi connectivity index (χ4n) is 2.72. The normalized spacial score (nSPS) is 10.7. The Morgan fingerprint density at radius 1 is 1.27 bits per heavy atom.